The van der Waals surface area contributed by atoms with E-state index in [9.17, 15) is 0 Å². The Morgan fingerprint density at radius 3 is 0.779 bits per heavy atom. The highest BCUT2D eigenvalue weighted by Gasteiger charge is 2.19. The van der Waals surface area contributed by atoms with Crippen LogP contribution < -0.4 is 0 Å². The van der Waals surface area contributed by atoms with Crippen LogP contribution in [0.2, 0.25) is 0 Å². The van der Waals surface area contributed by atoms with Gasteiger partial charge in [-0.2, -0.15) is 0 Å². The van der Waals surface area contributed by atoms with Crippen molar-refractivity contribution in [2.45, 2.75) is 0 Å². The van der Waals surface area contributed by atoms with Crippen LogP contribution >= 0.6 is 0 Å². The van der Waals surface area contributed by atoms with Crippen molar-refractivity contribution in [1.82, 2.24) is 9.13 Å². The predicted octanol–water partition coefficient (Wildman–Crippen LogP) is 17.9. The molecule has 0 saturated carbocycles. The minimum atomic E-state index is 1.11. The van der Waals surface area contributed by atoms with Crippen molar-refractivity contribution in [3.8, 4) is 78.1 Å². The van der Waals surface area contributed by atoms with E-state index in [-0.39, 0.29) is 0 Å². The summed E-state index contributed by atoms with van der Waals surface area (Å²) in [6.45, 7) is 0. The number of nitrogens with zero attached hydrogens (tertiary/aromatic N) is 2. The lowest BCUT2D eigenvalue weighted by Crippen LogP contribution is -1.96. The third-order valence-electron chi connectivity index (χ3n) is 13.7. The van der Waals surface area contributed by atoms with Crippen molar-refractivity contribution in [3.05, 3.63) is 267 Å². The topological polar surface area (TPSA) is 9.86 Å². The minimum absolute atomic E-state index is 1.11. The van der Waals surface area contributed by atoms with Crippen LogP contribution in [-0.4, -0.2) is 9.13 Å². The highest BCUT2D eigenvalue weighted by Crippen LogP contribution is 2.42. The molecule has 0 aliphatic heterocycles. The molecule has 0 radical (unpaired) electrons. The van der Waals surface area contributed by atoms with Gasteiger partial charge >= 0.3 is 0 Å². The average molecular weight is 865 g/mol. The molecule has 0 amide bonds. The van der Waals surface area contributed by atoms with Gasteiger partial charge in [0.05, 0.1) is 22.1 Å². The first-order valence-electron chi connectivity index (χ1n) is 23.4. The van der Waals surface area contributed by atoms with E-state index in [2.05, 4.69) is 276 Å². The van der Waals surface area contributed by atoms with Gasteiger partial charge in [0.2, 0.25) is 0 Å². The first-order chi connectivity index (χ1) is 33.7. The molecule has 0 saturated heterocycles. The van der Waals surface area contributed by atoms with Crippen molar-refractivity contribution in [2.24, 2.45) is 0 Å². The summed E-state index contributed by atoms with van der Waals surface area (Å²) in [6.07, 6.45) is 0. The summed E-state index contributed by atoms with van der Waals surface area (Å²) in [4.78, 5) is 0. The summed E-state index contributed by atoms with van der Waals surface area (Å²) < 4.78 is 4.89. The van der Waals surface area contributed by atoms with Crippen LogP contribution in [0.3, 0.4) is 0 Å². The number of hydrogen-bond acceptors (Lipinski definition) is 0. The van der Waals surface area contributed by atoms with Crippen molar-refractivity contribution in [1.29, 1.82) is 0 Å². The maximum Gasteiger partial charge on any atom is 0.0541 e. The quantitative estimate of drug-likeness (QED) is 0.144. The zero-order chi connectivity index (χ0) is 45.0. The lowest BCUT2D eigenvalue weighted by Gasteiger charge is -2.15. The molecule has 0 atom stereocenters. The molecule has 2 nitrogen and oxygen atoms in total. The van der Waals surface area contributed by atoms with Crippen LogP contribution in [0.25, 0.3) is 122 Å². The van der Waals surface area contributed by atoms with Crippen molar-refractivity contribution in [2.75, 3.05) is 0 Å². The summed E-state index contributed by atoms with van der Waals surface area (Å²) in [7, 11) is 0. The number of para-hydroxylation sites is 1. The molecule has 2 heterocycles. The smallest absolute Gasteiger partial charge is 0.0541 e. The van der Waals surface area contributed by atoms with Crippen LogP contribution in [0.1, 0.15) is 0 Å². The standard InChI is InChI=1S/C66H44N2/c1-6-16-45(17-7-1)49-26-28-50(29-27-49)55-38-56(54-33-37-64-62(44-54)59-41-51(46-18-8-2-9-19-46)30-34-63(59)67(64)57-24-14-5-15-25-57)40-58(39-55)68-65-35-31-52(47-20-10-3-11-21-47)42-60(65)61-43-53(32-36-66(61)68)48-22-12-4-13-23-48/h1-44H. The van der Waals surface area contributed by atoms with Crippen LogP contribution in [-0.2, 0) is 0 Å². The van der Waals surface area contributed by atoms with E-state index in [0.717, 1.165) is 28.1 Å². The van der Waals surface area contributed by atoms with E-state index >= 15 is 0 Å². The summed E-state index contributed by atoms with van der Waals surface area (Å²) in [6, 6.07) is 97.6. The highest BCUT2D eigenvalue weighted by atomic mass is 15.0. The number of fused-ring (bicyclic) bond motifs is 6. The van der Waals surface area contributed by atoms with Gasteiger partial charge in [-0.05, 0) is 146 Å². The SMILES string of the molecule is c1ccc(-c2ccc(-c3cc(-c4ccc5c(c4)c4cc(-c6ccccc6)ccc4n5-c4ccccc4)cc(-n4c5ccc(-c6ccccc6)cc5c5cc(-c6ccccc6)ccc54)c3)cc2)cc1. The highest BCUT2D eigenvalue weighted by molar-refractivity contribution is 6.13. The van der Waals surface area contributed by atoms with Crippen molar-refractivity contribution < 1.29 is 0 Å². The molecule has 0 fully saturated rings. The Labute approximate surface area is 395 Å². The molecule has 68 heavy (non-hydrogen) atoms. The Kier molecular flexibility index (Phi) is 9.54. The zero-order valence-corrected chi connectivity index (χ0v) is 37.3. The van der Waals surface area contributed by atoms with Gasteiger partial charge in [-0.15, -0.1) is 0 Å². The molecule has 13 aromatic rings. The number of rotatable bonds is 8. The van der Waals surface area contributed by atoms with Gasteiger partial charge in [0.15, 0.2) is 0 Å². The fourth-order valence-corrected chi connectivity index (χ4v) is 10.3. The largest absolute Gasteiger partial charge is 0.309 e. The van der Waals surface area contributed by atoms with Crippen LogP contribution in [0.15, 0.2) is 267 Å². The Hall–Kier alpha value is -8.98. The second-order valence-corrected chi connectivity index (χ2v) is 17.7. The Balaban J connectivity index is 1.05. The molecule has 0 aliphatic carbocycles. The van der Waals surface area contributed by atoms with Gasteiger partial charge in [0.25, 0.3) is 0 Å². The average Bonchev–Trinajstić information content (AvgIpc) is 3.93. The Bertz CT molecular complexity index is 3860. The summed E-state index contributed by atoms with van der Waals surface area (Å²) in [5, 5.41) is 4.90. The Morgan fingerprint density at radius 1 is 0.162 bits per heavy atom. The van der Waals surface area contributed by atoms with Gasteiger partial charge in [0.1, 0.15) is 0 Å². The van der Waals surface area contributed by atoms with Gasteiger partial charge in [-0.1, -0.05) is 188 Å². The molecule has 318 valence electrons. The molecule has 2 aromatic heterocycles. The normalized spacial score (nSPS) is 11.5. The van der Waals surface area contributed by atoms with Crippen LogP contribution in [0.5, 0.6) is 0 Å². The van der Waals surface area contributed by atoms with E-state index in [1.807, 2.05) is 0 Å². The van der Waals surface area contributed by atoms with E-state index in [1.54, 1.807) is 0 Å². The predicted molar refractivity (Wildman–Crippen MR) is 288 cm³/mol. The van der Waals surface area contributed by atoms with E-state index in [1.165, 1.54) is 93.7 Å². The van der Waals surface area contributed by atoms with Crippen molar-refractivity contribution >= 4 is 43.6 Å². The van der Waals surface area contributed by atoms with E-state index in [0.29, 0.717) is 0 Å². The summed E-state index contributed by atoms with van der Waals surface area (Å²) in [5.41, 5.74) is 21.3. The first kappa shape index (κ1) is 39.4. The number of hydrogen-bond donors (Lipinski definition) is 0. The van der Waals surface area contributed by atoms with Crippen molar-refractivity contribution in [3.63, 3.8) is 0 Å². The fourth-order valence-electron chi connectivity index (χ4n) is 10.3. The Morgan fingerprint density at radius 2 is 0.412 bits per heavy atom. The molecule has 2 heteroatoms. The van der Waals surface area contributed by atoms with Gasteiger partial charge < -0.3 is 9.13 Å². The van der Waals surface area contributed by atoms with Gasteiger partial charge in [-0.3, -0.25) is 0 Å². The first-order valence-corrected chi connectivity index (χ1v) is 23.4. The monoisotopic (exact) mass is 864 g/mol. The third kappa shape index (κ3) is 6.90. The molecular formula is C66H44N2. The summed E-state index contributed by atoms with van der Waals surface area (Å²) in [5.74, 6) is 0. The molecular weight excluding hydrogens is 821 g/mol. The molecule has 0 spiro atoms. The number of aromatic nitrogens is 2. The number of benzene rings is 11. The molecule has 0 unspecified atom stereocenters. The maximum absolute atomic E-state index is 2.48. The molecule has 11 aromatic carbocycles. The van der Waals surface area contributed by atoms with Gasteiger partial charge in [-0.25, -0.2) is 0 Å². The van der Waals surface area contributed by atoms with Crippen LogP contribution in [0.4, 0.5) is 0 Å². The minimum Gasteiger partial charge on any atom is -0.309 e. The molecule has 0 aliphatic rings. The maximum atomic E-state index is 2.48. The fraction of sp³-hybridized carbons (Fsp3) is 0. The van der Waals surface area contributed by atoms with Crippen LogP contribution in [0, 0.1) is 0 Å². The van der Waals surface area contributed by atoms with E-state index in [4.69, 9.17) is 0 Å². The summed E-state index contributed by atoms with van der Waals surface area (Å²) >= 11 is 0. The second-order valence-electron chi connectivity index (χ2n) is 17.7. The lowest BCUT2D eigenvalue weighted by atomic mass is 9.95. The third-order valence-corrected chi connectivity index (χ3v) is 13.7. The molecule has 0 N–H and O–H groups in total. The second kappa shape index (κ2) is 16.5. The van der Waals surface area contributed by atoms with E-state index < -0.39 is 0 Å². The molecule has 13 rings (SSSR count). The van der Waals surface area contributed by atoms with Gasteiger partial charge in [0, 0.05) is 32.9 Å². The molecule has 0 bridgehead atoms. The zero-order valence-electron chi connectivity index (χ0n) is 37.3. The lowest BCUT2D eigenvalue weighted by molar-refractivity contribution is 1.18.